The molecule has 50 heavy (non-hydrogen) atoms. The quantitative estimate of drug-likeness (QED) is 0.0553. The first-order valence-electron chi connectivity index (χ1n) is 23.2. The molecule has 0 aromatic rings. The zero-order valence-corrected chi connectivity index (χ0v) is 34.4. The largest absolute Gasteiger partial charge is 0.394 e. The maximum atomic E-state index is 12.4. The molecule has 0 bridgehead atoms. The van der Waals surface area contributed by atoms with Gasteiger partial charge in [0.25, 0.3) is 0 Å². The molecule has 0 aliphatic heterocycles. The van der Waals surface area contributed by atoms with Gasteiger partial charge in [-0.25, -0.2) is 0 Å². The lowest BCUT2D eigenvalue weighted by molar-refractivity contribution is -0.123. The van der Waals surface area contributed by atoms with Gasteiger partial charge in [0.15, 0.2) is 0 Å². The van der Waals surface area contributed by atoms with Crippen LogP contribution in [0.5, 0.6) is 0 Å². The molecule has 0 saturated heterocycles. The minimum Gasteiger partial charge on any atom is -0.394 e. The van der Waals surface area contributed by atoms with Crippen molar-refractivity contribution in [1.82, 2.24) is 5.32 Å². The second kappa shape index (κ2) is 42.8. The summed E-state index contributed by atoms with van der Waals surface area (Å²) in [7, 11) is 0. The van der Waals surface area contributed by atoms with Gasteiger partial charge in [-0.05, 0) is 12.8 Å². The third kappa shape index (κ3) is 38.6. The average Bonchev–Trinajstić information content (AvgIpc) is 3.12. The Bertz CT molecular complexity index is 641. The zero-order valence-electron chi connectivity index (χ0n) is 34.4. The van der Waals surface area contributed by atoms with E-state index in [0.29, 0.717) is 12.8 Å². The lowest BCUT2D eigenvalue weighted by Gasteiger charge is -2.22. The summed E-state index contributed by atoms with van der Waals surface area (Å²) in [6.45, 7) is 4.37. The highest BCUT2D eigenvalue weighted by Crippen LogP contribution is 2.17. The third-order valence-corrected chi connectivity index (χ3v) is 11.1. The van der Waals surface area contributed by atoms with Crippen molar-refractivity contribution in [3.8, 4) is 0 Å². The Morgan fingerprint density at radius 3 is 0.900 bits per heavy atom. The molecule has 0 heterocycles. The summed E-state index contributed by atoms with van der Waals surface area (Å²) in [5.74, 6) is -0.0269. The highest BCUT2D eigenvalue weighted by atomic mass is 16.3. The Hall–Kier alpha value is -0.610. The van der Waals surface area contributed by atoms with Crippen LogP contribution in [0.1, 0.15) is 271 Å². The van der Waals surface area contributed by atoms with Crippen molar-refractivity contribution in [2.24, 2.45) is 0 Å². The first-order chi connectivity index (χ1) is 24.7. The van der Waals surface area contributed by atoms with E-state index in [1.807, 2.05) is 0 Å². The first kappa shape index (κ1) is 49.4. The van der Waals surface area contributed by atoms with Crippen LogP contribution in [0.2, 0.25) is 0 Å². The van der Waals surface area contributed by atoms with Crippen LogP contribution in [0.25, 0.3) is 0 Å². The molecule has 3 N–H and O–H groups in total. The number of hydrogen-bond donors (Lipinski definition) is 3. The van der Waals surface area contributed by atoms with Crippen LogP contribution in [-0.2, 0) is 4.79 Å². The molecule has 0 aliphatic carbocycles. The Labute approximate surface area is 314 Å². The molecule has 0 rings (SSSR count). The molecule has 2 unspecified atom stereocenters. The van der Waals surface area contributed by atoms with Crippen LogP contribution in [-0.4, -0.2) is 34.9 Å². The molecule has 1 amide bonds. The standard InChI is InChI=1S/C46H93NO3/c1-3-5-7-9-11-13-15-16-17-18-19-20-21-22-23-24-25-26-27-28-29-30-31-32-34-36-38-40-42-46(50)47-44(43-48)45(49)41-39-37-35-33-14-12-10-8-6-4-2/h44-45,48-49H,3-43H2,1-2H3,(H,47,50). The van der Waals surface area contributed by atoms with Gasteiger partial charge in [0.2, 0.25) is 5.91 Å². The van der Waals surface area contributed by atoms with E-state index in [0.717, 1.165) is 25.7 Å². The van der Waals surface area contributed by atoms with Gasteiger partial charge in [0.05, 0.1) is 18.8 Å². The number of aliphatic hydroxyl groups excluding tert-OH is 2. The van der Waals surface area contributed by atoms with Crippen molar-refractivity contribution < 1.29 is 15.0 Å². The fraction of sp³-hybridized carbons (Fsp3) is 0.978. The topological polar surface area (TPSA) is 69.6 Å². The normalized spacial score (nSPS) is 12.8. The van der Waals surface area contributed by atoms with E-state index in [9.17, 15) is 15.0 Å². The summed E-state index contributed by atoms with van der Waals surface area (Å²) in [5, 5.41) is 23.1. The minimum atomic E-state index is -0.651. The Kier molecular flexibility index (Phi) is 42.3. The average molecular weight is 708 g/mol. The molecular formula is C46H93NO3. The number of nitrogens with one attached hydrogen (secondary N) is 1. The summed E-state index contributed by atoms with van der Waals surface area (Å²) < 4.78 is 0. The molecule has 0 fully saturated rings. The molecule has 0 radical (unpaired) electrons. The van der Waals surface area contributed by atoms with E-state index in [1.165, 1.54) is 218 Å². The molecule has 0 aromatic heterocycles. The van der Waals surface area contributed by atoms with Crippen molar-refractivity contribution in [3.05, 3.63) is 0 Å². The number of hydrogen-bond acceptors (Lipinski definition) is 3. The smallest absolute Gasteiger partial charge is 0.220 e. The van der Waals surface area contributed by atoms with Crippen molar-refractivity contribution in [2.45, 2.75) is 283 Å². The van der Waals surface area contributed by atoms with E-state index in [2.05, 4.69) is 19.2 Å². The minimum absolute atomic E-state index is 0.0269. The van der Waals surface area contributed by atoms with Crippen LogP contribution < -0.4 is 5.32 Å². The van der Waals surface area contributed by atoms with Crippen molar-refractivity contribution in [3.63, 3.8) is 0 Å². The molecule has 0 spiro atoms. The fourth-order valence-electron chi connectivity index (χ4n) is 7.54. The van der Waals surface area contributed by atoms with E-state index in [-0.39, 0.29) is 12.5 Å². The van der Waals surface area contributed by atoms with Gasteiger partial charge in [-0.15, -0.1) is 0 Å². The molecule has 0 saturated carbocycles. The van der Waals surface area contributed by atoms with Crippen molar-refractivity contribution in [1.29, 1.82) is 0 Å². The van der Waals surface area contributed by atoms with Gasteiger partial charge in [0, 0.05) is 6.42 Å². The summed E-state index contributed by atoms with van der Waals surface area (Å²) in [6.07, 6.45) is 52.1. The maximum absolute atomic E-state index is 12.4. The molecule has 0 aromatic carbocycles. The number of aliphatic hydroxyl groups is 2. The van der Waals surface area contributed by atoms with E-state index in [1.54, 1.807) is 0 Å². The van der Waals surface area contributed by atoms with Crippen LogP contribution >= 0.6 is 0 Å². The van der Waals surface area contributed by atoms with Gasteiger partial charge in [0.1, 0.15) is 0 Å². The molecular weight excluding hydrogens is 615 g/mol. The van der Waals surface area contributed by atoms with Gasteiger partial charge in [-0.3, -0.25) is 4.79 Å². The van der Waals surface area contributed by atoms with Crippen LogP contribution in [0.3, 0.4) is 0 Å². The van der Waals surface area contributed by atoms with Gasteiger partial charge in [-0.2, -0.15) is 0 Å². The fourth-order valence-corrected chi connectivity index (χ4v) is 7.54. The number of unbranched alkanes of at least 4 members (excludes halogenated alkanes) is 36. The van der Waals surface area contributed by atoms with E-state index < -0.39 is 12.1 Å². The zero-order chi connectivity index (χ0) is 36.4. The van der Waals surface area contributed by atoms with Crippen LogP contribution in [0.15, 0.2) is 0 Å². The second-order valence-corrected chi connectivity index (χ2v) is 16.2. The monoisotopic (exact) mass is 708 g/mol. The first-order valence-corrected chi connectivity index (χ1v) is 23.2. The molecule has 4 nitrogen and oxygen atoms in total. The van der Waals surface area contributed by atoms with Gasteiger partial charge in [-0.1, -0.05) is 251 Å². The van der Waals surface area contributed by atoms with Gasteiger partial charge >= 0.3 is 0 Å². The number of amides is 1. The summed E-state index contributed by atoms with van der Waals surface area (Å²) in [4.78, 5) is 12.4. The summed E-state index contributed by atoms with van der Waals surface area (Å²) >= 11 is 0. The maximum Gasteiger partial charge on any atom is 0.220 e. The Morgan fingerprint density at radius 2 is 0.640 bits per heavy atom. The summed E-state index contributed by atoms with van der Waals surface area (Å²) in [6, 6.07) is -0.528. The lowest BCUT2D eigenvalue weighted by Crippen LogP contribution is -2.45. The van der Waals surface area contributed by atoms with Crippen molar-refractivity contribution in [2.75, 3.05) is 6.61 Å². The predicted molar refractivity (Wildman–Crippen MR) is 221 cm³/mol. The highest BCUT2D eigenvalue weighted by molar-refractivity contribution is 5.76. The predicted octanol–water partition coefficient (Wildman–Crippen LogP) is 14.5. The number of rotatable bonds is 43. The Balaban J connectivity index is 3.36. The second-order valence-electron chi connectivity index (χ2n) is 16.2. The molecule has 4 heteroatoms. The van der Waals surface area contributed by atoms with E-state index >= 15 is 0 Å². The van der Waals surface area contributed by atoms with E-state index in [4.69, 9.17) is 0 Å². The SMILES string of the molecule is CCCCCCCCCCCCCCCCCCCCCCCCCCCCCCC(=O)NC(CO)C(O)CCCCCCCCCCCC. The summed E-state index contributed by atoms with van der Waals surface area (Å²) in [5.41, 5.74) is 0. The Morgan fingerprint density at radius 1 is 0.400 bits per heavy atom. The molecule has 2 atom stereocenters. The highest BCUT2D eigenvalue weighted by Gasteiger charge is 2.20. The number of carbonyl (C=O) groups excluding carboxylic acids is 1. The number of carbonyl (C=O) groups is 1. The van der Waals surface area contributed by atoms with Gasteiger partial charge < -0.3 is 15.5 Å². The molecule has 300 valence electrons. The van der Waals surface area contributed by atoms with Crippen LogP contribution in [0.4, 0.5) is 0 Å². The third-order valence-electron chi connectivity index (χ3n) is 11.1. The lowest BCUT2D eigenvalue weighted by atomic mass is 10.0. The van der Waals surface area contributed by atoms with Crippen molar-refractivity contribution >= 4 is 5.91 Å². The van der Waals surface area contributed by atoms with Crippen LogP contribution in [0, 0.1) is 0 Å². The molecule has 0 aliphatic rings.